The molecule has 1 aliphatic heterocycles. The highest BCUT2D eigenvalue weighted by Gasteiger charge is 2.16. The molecule has 6 nitrogen and oxygen atoms in total. The second kappa shape index (κ2) is 7.91. The molecule has 2 heterocycles. The fourth-order valence-electron chi connectivity index (χ4n) is 3.59. The minimum atomic E-state index is -0.175. The van der Waals surface area contributed by atoms with E-state index in [1.54, 1.807) is 30.3 Å². The fraction of sp³-hybridized carbons (Fsp3) is 0.167. The average Bonchev–Trinajstić information content (AvgIpc) is 3.29. The van der Waals surface area contributed by atoms with Crippen molar-refractivity contribution in [2.24, 2.45) is 0 Å². The number of ether oxygens (including phenoxy) is 2. The molecular weight excluding hydrogens is 380 g/mol. The predicted molar refractivity (Wildman–Crippen MR) is 115 cm³/mol. The number of aromatic nitrogens is 1. The molecule has 1 aromatic heterocycles. The Bertz CT molecular complexity index is 1170. The zero-order valence-corrected chi connectivity index (χ0v) is 17.1. The summed E-state index contributed by atoms with van der Waals surface area (Å²) in [5, 5.41) is 2.69. The number of anilines is 1. The third-order valence-corrected chi connectivity index (χ3v) is 4.97. The molecule has 2 aromatic carbocycles. The number of hydrogen-bond acceptors (Lipinski definition) is 4. The summed E-state index contributed by atoms with van der Waals surface area (Å²) in [6.45, 7) is 5.71. The van der Waals surface area contributed by atoms with Crippen LogP contribution < -0.4 is 14.8 Å². The second-order valence-corrected chi connectivity index (χ2v) is 7.16. The van der Waals surface area contributed by atoms with Crippen LogP contribution in [0.25, 0.3) is 11.8 Å². The number of rotatable bonds is 5. The summed E-state index contributed by atoms with van der Waals surface area (Å²) >= 11 is 0. The molecule has 0 saturated carbocycles. The van der Waals surface area contributed by atoms with E-state index < -0.39 is 0 Å². The molecule has 0 radical (unpaired) electrons. The number of benzene rings is 2. The monoisotopic (exact) mass is 402 g/mol. The van der Waals surface area contributed by atoms with Crippen molar-refractivity contribution in [3.05, 3.63) is 77.1 Å². The van der Waals surface area contributed by atoms with Crippen LogP contribution in [-0.4, -0.2) is 23.1 Å². The van der Waals surface area contributed by atoms with Gasteiger partial charge in [0.25, 0.3) is 0 Å². The van der Waals surface area contributed by atoms with Crippen molar-refractivity contribution in [3.63, 3.8) is 0 Å². The van der Waals surface area contributed by atoms with Crippen LogP contribution in [-0.2, 0) is 4.79 Å². The highest BCUT2D eigenvalue weighted by Crippen LogP contribution is 2.35. The Labute approximate surface area is 174 Å². The molecule has 1 N–H and O–H groups in total. The highest BCUT2D eigenvalue weighted by molar-refractivity contribution is 6.07. The largest absolute Gasteiger partial charge is 0.454 e. The van der Waals surface area contributed by atoms with Crippen molar-refractivity contribution in [1.82, 2.24) is 4.57 Å². The molecule has 0 atom stereocenters. The van der Waals surface area contributed by atoms with Gasteiger partial charge in [0.1, 0.15) is 0 Å². The highest BCUT2D eigenvalue weighted by atomic mass is 16.7. The maximum atomic E-state index is 12.6. The van der Waals surface area contributed by atoms with Gasteiger partial charge in [0.2, 0.25) is 12.7 Å². The van der Waals surface area contributed by atoms with Gasteiger partial charge in [-0.25, -0.2) is 0 Å². The predicted octanol–water partition coefficient (Wildman–Crippen LogP) is 4.68. The Morgan fingerprint density at radius 1 is 1.03 bits per heavy atom. The lowest BCUT2D eigenvalue weighted by Crippen LogP contribution is -2.06. The Morgan fingerprint density at radius 3 is 2.63 bits per heavy atom. The molecule has 0 aliphatic carbocycles. The van der Waals surface area contributed by atoms with Crippen LogP contribution in [0.3, 0.4) is 0 Å². The first-order chi connectivity index (χ1) is 14.4. The van der Waals surface area contributed by atoms with Gasteiger partial charge in [-0.05, 0) is 61.9 Å². The van der Waals surface area contributed by atoms with Crippen LogP contribution in [0.4, 0.5) is 5.69 Å². The molecule has 0 fully saturated rings. The lowest BCUT2D eigenvalue weighted by atomic mass is 10.1. The molecule has 0 saturated heterocycles. The number of amides is 1. The second-order valence-electron chi connectivity index (χ2n) is 7.16. The van der Waals surface area contributed by atoms with Crippen molar-refractivity contribution in [1.29, 1.82) is 0 Å². The number of carbonyl (C=O) groups is 2. The smallest absolute Gasteiger partial charge is 0.231 e. The number of allylic oxidation sites excluding steroid dienone is 1. The van der Waals surface area contributed by atoms with E-state index in [-0.39, 0.29) is 18.5 Å². The number of nitrogens with one attached hydrogen (secondary N) is 1. The van der Waals surface area contributed by atoms with Gasteiger partial charge >= 0.3 is 0 Å². The maximum absolute atomic E-state index is 12.6. The van der Waals surface area contributed by atoms with E-state index in [9.17, 15) is 9.59 Å². The Balaban J connectivity index is 1.58. The van der Waals surface area contributed by atoms with Gasteiger partial charge in [0.15, 0.2) is 17.3 Å². The molecule has 1 aliphatic rings. The summed E-state index contributed by atoms with van der Waals surface area (Å²) in [7, 11) is 0. The molecule has 1 amide bonds. The first-order valence-electron chi connectivity index (χ1n) is 9.61. The van der Waals surface area contributed by atoms with Crippen molar-refractivity contribution < 1.29 is 19.1 Å². The minimum absolute atomic E-state index is 0.130. The molecule has 152 valence electrons. The van der Waals surface area contributed by atoms with E-state index in [4.69, 9.17) is 9.47 Å². The van der Waals surface area contributed by atoms with Crippen LogP contribution in [0.2, 0.25) is 0 Å². The number of fused-ring (bicyclic) bond motifs is 1. The van der Waals surface area contributed by atoms with Gasteiger partial charge in [0.05, 0.1) is 0 Å². The Hall–Kier alpha value is -3.80. The summed E-state index contributed by atoms with van der Waals surface area (Å²) in [5.41, 5.74) is 5.11. The summed E-state index contributed by atoms with van der Waals surface area (Å²) in [6.07, 6.45) is 3.37. The first-order valence-corrected chi connectivity index (χ1v) is 9.61. The third kappa shape index (κ3) is 3.85. The molecule has 6 heteroatoms. The zero-order valence-electron chi connectivity index (χ0n) is 17.1. The van der Waals surface area contributed by atoms with Crippen LogP contribution in [0.5, 0.6) is 11.5 Å². The van der Waals surface area contributed by atoms with Gasteiger partial charge in [-0.15, -0.1) is 0 Å². The molecule has 3 aromatic rings. The molecule has 4 rings (SSSR count). The lowest BCUT2D eigenvalue weighted by Gasteiger charge is -2.10. The van der Waals surface area contributed by atoms with Crippen molar-refractivity contribution >= 4 is 23.5 Å². The summed E-state index contributed by atoms with van der Waals surface area (Å²) < 4.78 is 13.0. The van der Waals surface area contributed by atoms with Gasteiger partial charge in [-0.3, -0.25) is 9.59 Å². The van der Waals surface area contributed by atoms with Crippen molar-refractivity contribution in [2.45, 2.75) is 20.8 Å². The summed E-state index contributed by atoms with van der Waals surface area (Å²) in [5.74, 6) is 1.17. The Kier molecular flexibility index (Phi) is 5.14. The first kappa shape index (κ1) is 19.5. The van der Waals surface area contributed by atoms with Gasteiger partial charge in [-0.1, -0.05) is 12.1 Å². The molecule has 0 unspecified atom stereocenters. The topological polar surface area (TPSA) is 69.6 Å². The Morgan fingerprint density at radius 2 is 1.83 bits per heavy atom. The van der Waals surface area contributed by atoms with Gasteiger partial charge < -0.3 is 19.4 Å². The minimum Gasteiger partial charge on any atom is -0.454 e. The zero-order chi connectivity index (χ0) is 21.3. The number of carbonyl (C=O) groups excluding carboxylic acids is 2. The SMILES string of the molecule is CC(=O)Nc1cccc(C(=O)/C=C/c2cc(C)n(-c3ccc4c(c3)OCO4)c2C)c1. The molecule has 0 spiro atoms. The van der Waals surface area contributed by atoms with Crippen LogP contribution >= 0.6 is 0 Å². The van der Waals surface area contributed by atoms with Crippen molar-refractivity contribution in [3.8, 4) is 17.2 Å². The van der Waals surface area contributed by atoms with Crippen LogP contribution in [0.1, 0.15) is 34.2 Å². The number of ketones is 1. The van der Waals surface area contributed by atoms with E-state index in [1.807, 2.05) is 44.2 Å². The lowest BCUT2D eigenvalue weighted by molar-refractivity contribution is -0.114. The van der Waals surface area contributed by atoms with Crippen LogP contribution in [0, 0.1) is 13.8 Å². The van der Waals surface area contributed by atoms with Crippen molar-refractivity contribution in [2.75, 3.05) is 12.1 Å². The summed E-state index contributed by atoms with van der Waals surface area (Å²) in [6, 6.07) is 14.8. The third-order valence-electron chi connectivity index (χ3n) is 4.97. The van der Waals surface area contributed by atoms with E-state index in [1.165, 1.54) is 6.92 Å². The maximum Gasteiger partial charge on any atom is 0.231 e. The van der Waals surface area contributed by atoms with E-state index in [0.717, 1.165) is 34.1 Å². The number of hydrogen-bond donors (Lipinski definition) is 1. The normalized spacial score (nSPS) is 12.4. The van der Waals surface area contributed by atoms with E-state index >= 15 is 0 Å². The van der Waals surface area contributed by atoms with E-state index in [2.05, 4.69) is 9.88 Å². The van der Waals surface area contributed by atoms with Gasteiger partial charge in [-0.2, -0.15) is 0 Å². The molecule has 30 heavy (non-hydrogen) atoms. The number of aryl methyl sites for hydroxylation is 1. The van der Waals surface area contributed by atoms with E-state index in [0.29, 0.717) is 11.3 Å². The molecular formula is C24H22N2O4. The van der Waals surface area contributed by atoms with Gasteiger partial charge in [0, 0.05) is 41.3 Å². The molecule has 0 bridgehead atoms. The van der Waals surface area contributed by atoms with Crippen LogP contribution in [0.15, 0.2) is 54.6 Å². The standard InChI is InChI=1S/C24H22N2O4/c1-15-11-18(7-9-22(28)19-5-4-6-20(12-19)25-17(3)27)16(2)26(15)21-8-10-23-24(13-21)30-14-29-23/h4-13H,14H2,1-3H3,(H,25,27)/b9-7+. The fourth-order valence-corrected chi connectivity index (χ4v) is 3.59. The number of nitrogens with zero attached hydrogens (tertiary/aromatic N) is 1. The summed E-state index contributed by atoms with van der Waals surface area (Å²) in [4.78, 5) is 23.8. The average molecular weight is 402 g/mol. The quantitative estimate of drug-likeness (QED) is 0.497.